The molecule has 3 N–H and O–H groups in total. The third kappa shape index (κ3) is 2.57. The van der Waals surface area contributed by atoms with Gasteiger partial charge >= 0.3 is 0 Å². The minimum atomic E-state index is -0.0662. The third-order valence-corrected chi connectivity index (χ3v) is 4.04. The van der Waals surface area contributed by atoms with E-state index in [-0.39, 0.29) is 5.78 Å². The van der Waals surface area contributed by atoms with Crippen LogP contribution in [-0.4, -0.2) is 10.3 Å². The van der Waals surface area contributed by atoms with Crippen LogP contribution >= 0.6 is 12.0 Å². The number of nitrogens with two attached hydrogens (primary N) is 1. The molecular formula is C16H17NO2S. The Bertz CT molecular complexity index is 680. The van der Waals surface area contributed by atoms with Crippen LogP contribution in [0.25, 0.3) is 11.1 Å². The molecule has 0 atom stereocenters. The number of anilines is 1. The molecule has 0 aliphatic carbocycles. The Morgan fingerprint density at radius 1 is 1.25 bits per heavy atom. The van der Waals surface area contributed by atoms with Gasteiger partial charge in [0.25, 0.3) is 0 Å². The van der Waals surface area contributed by atoms with Crippen LogP contribution in [0.5, 0.6) is 0 Å². The highest BCUT2D eigenvalue weighted by molar-refractivity contribution is 7.94. The molecule has 0 radical (unpaired) electrons. The highest BCUT2D eigenvalue weighted by Gasteiger charge is 2.18. The molecule has 0 amide bonds. The van der Waals surface area contributed by atoms with Gasteiger partial charge in [0.05, 0.1) is 0 Å². The highest BCUT2D eigenvalue weighted by Crippen LogP contribution is 2.39. The second-order valence-corrected chi connectivity index (χ2v) is 5.45. The monoisotopic (exact) mass is 287 g/mol. The van der Waals surface area contributed by atoms with Gasteiger partial charge in [-0.25, -0.2) is 0 Å². The van der Waals surface area contributed by atoms with Crippen molar-refractivity contribution in [3.8, 4) is 11.1 Å². The molecule has 104 valence electrons. The maximum atomic E-state index is 11.9. The summed E-state index contributed by atoms with van der Waals surface area (Å²) in [4.78, 5) is 12.5. The summed E-state index contributed by atoms with van der Waals surface area (Å²) >= 11 is 0.636. The van der Waals surface area contributed by atoms with Gasteiger partial charge in [-0.15, -0.1) is 0 Å². The van der Waals surface area contributed by atoms with Crippen molar-refractivity contribution in [3.05, 3.63) is 47.0 Å². The average Bonchev–Trinajstić information content (AvgIpc) is 2.40. The number of Topliss-reactive ketones (excluding diaryl/α,β-unsaturated/α-hetero) is 1. The minimum Gasteiger partial charge on any atom is -0.398 e. The predicted octanol–water partition coefficient (Wildman–Crippen LogP) is 4.32. The number of nitrogen functional groups attached to an aromatic ring is 1. The maximum Gasteiger partial charge on any atom is 0.160 e. The van der Waals surface area contributed by atoms with E-state index in [4.69, 9.17) is 5.73 Å². The zero-order valence-electron chi connectivity index (χ0n) is 11.7. The first-order chi connectivity index (χ1) is 9.45. The van der Waals surface area contributed by atoms with Gasteiger partial charge in [-0.3, -0.25) is 4.79 Å². The molecule has 0 aliphatic heterocycles. The van der Waals surface area contributed by atoms with E-state index in [0.717, 1.165) is 22.3 Å². The lowest BCUT2D eigenvalue weighted by Crippen LogP contribution is -2.03. The Kier molecular flexibility index (Phi) is 4.16. The van der Waals surface area contributed by atoms with Crippen LogP contribution in [0.4, 0.5) is 5.69 Å². The van der Waals surface area contributed by atoms with Gasteiger partial charge in [-0.05, 0) is 38.0 Å². The summed E-state index contributed by atoms with van der Waals surface area (Å²) in [5, 5.41) is 0. The molecule has 20 heavy (non-hydrogen) atoms. The molecular weight excluding hydrogens is 270 g/mol. The van der Waals surface area contributed by atoms with Crippen molar-refractivity contribution in [2.75, 3.05) is 5.73 Å². The Morgan fingerprint density at radius 2 is 1.95 bits per heavy atom. The molecule has 0 unspecified atom stereocenters. The van der Waals surface area contributed by atoms with Crippen molar-refractivity contribution >= 4 is 23.5 Å². The predicted molar refractivity (Wildman–Crippen MR) is 84.3 cm³/mol. The minimum absolute atomic E-state index is 0.0662. The lowest BCUT2D eigenvalue weighted by Gasteiger charge is -2.16. The van der Waals surface area contributed by atoms with Crippen molar-refractivity contribution in [2.45, 2.75) is 25.7 Å². The van der Waals surface area contributed by atoms with Crippen molar-refractivity contribution in [3.63, 3.8) is 0 Å². The summed E-state index contributed by atoms with van der Waals surface area (Å²) < 4.78 is 9.61. The van der Waals surface area contributed by atoms with Crippen LogP contribution in [0.15, 0.2) is 35.2 Å². The Morgan fingerprint density at radius 3 is 2.50 bits per heavy atom. The van der Waals surface area contributed by atoms with Crippen molar-refractivity contribution < 1.29 is 9.35 Å². The number of aryl methyl sites for hydroxylation is 1. The fourth-order valence-corrected chi connectivity index (χ4v) is 2.83. The quantitative estimate of drug-likeness (QED) is 0.501. The molecule has 0 fully saturated rings. The van der Waals surface area contributed by atoms with E-state index in [1.54, 1.807) is 6.07 Å². The Balaban J connectivity index is 2.85. The number of carbonyl (C=O) groups is 1. The van der Waals surface area contributed by atoms with Crippen molar-refractivity contribution in [1.82, 2.24) is 0 Å². The van der Waals surface area contributed by atoms with Crippen LogP contribution < -0.4 is 5.73 Å². The highest BCUT2D eigenvalue weighted by atomic mass is 32.2. The third-order valence-electron chi connectivity index (χ3n) is 3.35. The van der Waals surface area contributed by atoms with E-state index in [1.165, 1.54) is 6.92 Å². The molecule has 0 bridgehead atoms. The Labute approximate surface area is 123 Å². The molecule has 4 heteroatoms. The first kappa shape index (κ1) is 14.6. The van der Waals surface area contributed by atoms with Gasteiger partial charge < -0.3 is 10.3 Å². The van der Waals surface area contributed by atoms with Crippen LogP contribution in [-0.2, 0) is 0 Å². The van der Waals surface area contributed by atoms with E-state index in [2.05, 4.69) is 0 Å². The van der Waals surface area contributed by atoms with Gasteiger partial charge in [-0.2, -0.15) is 0 Å². The second kappa shape index (κ2) is 5.69. The molecule has 2 aromatic rings. The Hall–Kier alpha value is -1.78. The normalized spacial score (nSPS) is 10.6. The molecule has 0 aliphatic rings. The zero-order valence-corrected chi connectivity index (χ0v) is 12.5. The van der Waals surface area contributed by atoms with Gasteiger partial charge in [0.2, 0.25) is 0 Å². The van der Waals surface area contributed by atoms with Crippen LogP contribution in [0, 0.1) is 13.8 Å². The van der Waals surface area contributed by atoms with E-state index in [0.29, 0.717) is 28.2 Å². The van der Waals surface area contributed by atoms with Crippen molar-refractivity contribution in [1.29, 1.82) is 0 Å². The number of rotatable bonds is 3. The summed E-state index contributed by atoms with van der Waals surface area (Å²) in [5.41, 5.74) is 10.5. The first-order valence-electron chi connectivity index (χ1n) is 6.28. The lowest BCUT2D eigenvalue weighted by atomic mass is 9.93. The van der Waals surface area contributed by atoms with Crippen LogP contribution in [0.3, 0.4) is 0 Å². The fraction of sp³-hybridized carbons (Fsp3) is 0.188. The zero-order chi connectivity index (χ0) is 14.9. The molecule has 0 heterocycles. The van der Waals surface area contributed by atoms with Crippen molar-refractivity contribution in [2.24, 2.45) is 0 Å². The molecule has 2 aromatic carbocycles. The average molecular weight is 287 g/mol. The van der Waals surface area contributed by atoms with E-state index in [1.807, 2.05) is 38.1 Å². The molecule has 0 saturated carbocycles. The summed E-state index contributed by atoms with van der Waals surface area (Å²) in [6.45, 7) is 5.35. The van der Waals surface area contributed by atoms with Gasteiger partial charge in [0.15, 0.2) is 5.78 Å². The SMILES string of the molecule is CC(=O)c1cc(N)c(C)c(SO)c1-c1cccc(C)c1. The number of hydrogen-bond acceptors (Lipinski definition) is 4. The summed E-state index contributed by atoms with van der Waals surface area (Å²) in [6.07, 6.45) is 0. The standard InChI is InChI=1S/C16H17NO2S/c1-9-5-4-6-12(7-9)15-13(11(3)18)8-14(17)10(2)16(15)20-19/h4-8,19H,17H2,1-3H3. The van der Waals surface area contributed by atoms with Gasteiger partial charge in [0, 0.05) is 33.8 Å². The van der Waals surface area contributed by atoms with Crippen LogP contribution in [0.1, 0.15) is 28.4 Å². The first-order valence-corrected chi connectivity index (χ1v) is 7.05. The fourth-order valence-electron chi connectivity index (χ4n) is 2.26. The smallest absolute Gasteiger partial charge is 0.160 e. The molecule has 0 spiro atoms. The summed E-state index contributed by atoms with van der Waals surface area (Å²) in [5.74, 6) is -0.0662. The summed E-state index contributed by atoms with van der Waals surface area (Å²) in [6, 6.07) is 9.55. The van der Waals surface area contributed by atoms with E-state index < -0.39 is 0 Å². The van der Waals surface area contributed by atoms with E-state index in [9.17, 15) is 9.35 Å². The number of carbonyl (C=O) groups excluding carboxylic acids is 1. The number of hydrogen-bond donors (Lipinski definition) is 2. The molecule has 0 saturated heterocycles. The van der Waals surface area contributed by atoms with Crippen LogP contribution in [0.2, 0.25) is 0 Å². The molecule has 2 rings (SSSR count). The van der Waals surface area contributed by atoms with E-state index >= 15 is 0 Å². The molecule has 3 nitrogen and oxygen atoms in total. The lowest BCUT2D eigenvalue weighted by molar-refractivity contribution is 0.101. The summed E-state index contributed by atoms with van der Waals surface area (Å²) in [7, 11) is 0. The topological polar surface area (TPSA) is 63.3 Å². The van der Waals surface area contributed by atoms with Gasteiger partial charge in [0.1, 0.15) is 0 Å². The second-order valence-electron chi connectivity index (χ2n) is 4.86. The van der Waals surface area contributed by atoms with Gasteiger partial charge in [-0.1, -0.05) is 29.8 Å². The maximum absolute atomic E-state index is 11.9. The largest absolute Gasteiger partial charge is 0.398 e. The number of ketones is 1. The molecule has 0 aromatic heterocycles. The number of benzene rings is 2.